The van der Waals surface area contributed by atoms with Gasteiger partial charge in [0.25, 0.3) is 0 Å². The lowest BCUT2D eigenvalue weighted by molar-refractivity contribution is -0.106. The molecule has 4 unspecified atom stereocenters. The fourth-order valence-corrected chi connectivity index (χ4v) is 4.75. The van der Waals surface area contributed by atoms with Gasteiger partial charge in [0.05, 0.1) is 12.6 Å². The lowest BCUT2D eigenvalue weighted by Crippen LogP contribution is -2.68. The molecule has 0 spiro atoms. The maximum absolute atomic E-state index is 5.89. The molecule has 4 atom stereocenters. The normalized spacial score (nSPS) is 29.2. The Hall–Kier alpha value is -0.340. The summed E-state index contributed by atoms with van der Waals surface area (Å²) in [5.74, 6) is 2.03. The molecule has 1 aromatic heterocycles. The maximum atomic E-state index is 5.89. The third-order valence-corrected chi connectivity index (χ3v) is 6.39. The highest BCUT2D eigenvalue weighted by Crippen LogP contribution is 2.52. The Morgan fingerprint density at radius 3 is 2.96 bits per heavy atom. The fraction of sp³-hybridized carbons (Fsp3) is 0.722. The van der Waals surface area contributed by atoms with E-state index in [9.17, 15) is 0 Å². The molecule has 6 heteroatoms. The van der Waals surface area contributed by atoms with Crippen molar-refractivity contribution in [2.24, 2.45) is 16.3 Å². The lowest BCUT2D eigenvalue weighted by Gasteiger charge is -2.54. The van der Waals surface area contributed by atoms with Gasteiger partial charge in [0.2, 0.25) is 0 Å². The Bertz CT molecular complexity index is 546. The topological polar surface area (TPSA) is 45.7 Å². The van der Waals surface area contributed by atoms with Crippen LogP contribution in [0, 0.1) is 11.3 Å². The van der Waals surface area contributed by atoms with E-state index in [0.717, 1.165) is 32.1 Å². The molecule has 3 rings (SSSR count). The number of rotatable bonds is 5. The lowest BCUT2D eigenvalue weighted by atomic mass is 9.57. The van der Waals surface area contributed by atoms with Crippen molar-refractivity contribution in [2.75, 3.05) is 19.7 Å². The summed E-state index contributed by atoms with van der Waals surface area (Å²) in [6, 6.07) is 4.76. The molecule has 0 bridgehead atoms. The van der Waals surface area contributed by atoms with Gasteiger partial charge >= 0.3 is 0 Å². The highest BCUT2D eigenvalue weighted by molar-refractivity contribution is 14.0. The summed E-state index contributed by atoms with van der Waals surface area (Å²) < 4.78 is 5.89. The van der Waals surface area contributed by atoms with E-state index in [1.807, 2.05) is 11.3 Å². The molecular weight excluding hydrogens is 433 g/mol. The number of halogens is 1. The molecule has 136 valence electrons. The quantitative estimate of drug-likeness (QED) is 0.396. The second-order valence-corrected chi connectivity index (χ2v) is 8.30. The van der Waals surface area contributed by atoms with Gasteiger partial charge in [-0.15, -0.1) is 35.3 Å². The van der Waals surface area contributed by atoms with Crippen molar-refractivity contribution in [1.29, 1.82) is 0 Å². The Balaban J connectivity index is 0.00000208. The van der Waals surface area contributed by atoms with Crippen LogP contribution >= 0.6 is 35.3 Å². The number of nitrogens with zero attached hydrogens (tertiary/aromatic N) is 1. The first-order valence-corrected chi connectivity index (χ1v) is 9.61. The number of fused-ring (bicyclic) bond motifs is 1. The Morgan fingerprint density at radius 1 is 1.50 bits per heavy atom. The summed E-state index contributed by atoms with van der Waals surface area (Å²) in [7, 11) is 0. The zero-order valence-corrected chi connectivity index (χ0v) is 18.2. The van der Waals surface area contributed by atoms with Gasteiger partial charge in [0.15, 0.2) is 5.96 Å². The molecule has 1 aliphatic heterocycles. The van der Waals surface area contributed by atoms with Crippen molar-refractivity contribution in [1.82, 2.24) is 10.6 Å². The van der Waals surface area contributed by atoms with Gasteiger partial charge in [0.1, 0.15) is 0 Å². The van der Waals surface area contributed by atoms with Gasteiger partial charge in [-0.1, -0.05) is 26.8 Å². The summed E-state index contributed by atoms with van der Waals surface area (Å²) in [5, 5.41) is 9.22. The van der Waals surface area contributed by atoms with Gasteiger partial charge in [-0.25, -0.2) is 0 Å². The number of guanidine groups is 1. The first kappa shape index (κ1) is 20.0. The van der Waals surface area contributed by atoms with Gasteiger partial charge in [0, 0.05) is 41.3 Å². The van der Waals surface area contributed by atoms with Crippen molar-refractivity contribution in [3.63, 3.8) is 0 Å². The summed E-state index contributed by atoms with van der Waals surface area (Å²) in [6.07, 6.45) is 1.57. The molecule has 1 saturated carbocycles. The molecule has 1 aromatic rings. The molecule has 4 nitrogen and oxygen atoms in total. The maximum Gasteiger partial charge on any atom is 0.191 e. The van der Waals surface area contributed by atoms with Crippen LogP contribution < -0.4 is 10.6 Å². The average molecular weight is 463 g/mol. The summed E-state index contributed by atoms with van der Waals surface area (Å²) >= 11 is 1.81. The molecule has 1 aliphatic carbocycles. The van der Waals surface area contributed by atoms with Gasteiger partial charge in [-0.05, 0) is 24.8 Å². The van der Waals surface area contributed by atoms with E-state index in [-0.39, 0.29) is 29.4 Å². The summed E-state index contributed by atoms with van der Waals surface area (Å²) in [5.41, 5.74) is 0.177. The molecule has 0 amide bonds. The van der Waals surface area contributed by atoms with Crippen LogP contribution in [0.5, 0.6) is 0 Å². The number of thiophene rings is 1. The standard InChI is InChI=1S/C18H29N3OS.HI/c1-5-19-17(20-11-12(2)14-7-6-10-23-14)21-15-13-8-9-22-16(13)18(15,3)4;/h6-7,10,12-13,15-16H,5,8-9,11H2,1-4H3,(H2,19,20,21);1H. The largest absolute Gasteiger partial charge is 0.377 e. The SMILES string of the molecule is CCNC(=NCC(C)c1cccs1)NC1C2CCOC2C1(C)C.I. The minimum Gasteiger partial charge on any atom is -0.377 e. The van der Waals surface area contributed by atoms with Crippen LogP contribution in [0.25, 0.3) is 0 Å². The predicted molar refractivity (Wildman–Crippen MR) is 113 cm³/mol. The smallest absolute Gasteiger partial charge is 0.191 e. The number of ether oxygens (including phenoxy) is 1. The third-order valence-electron chi connectivity index (χ3n) is 5.29. The highest BCUT2D eigenvalue weighted by Gasteiger charge is 2.59. The van der Waals surface area contributed by atoms with Crippen LogP contribution in [-0.4, -0.2) is 37.8 Å². The van der Waals surface area contributed by atoms with Crippen LogP contribution in [0.15, 0.2) is 22.5 Å². The molecule has 1 saturated heterocycles. The number of hydrogen-bond donors (Lipinski definition) is 2. The van der Waals surface area contributed by atoms with Crippen molar-refractivity contribution in [3.8, 4) is 0 Å². The number of hydrogen-bond acceptors (Lipinski definition) is 3. The molecule has 2 fully saturated rings. The van der Waals surface area contributed by atoms with Crippen molar-refractivity contribution >= 4 is 41.3 Å². The Kier molecular flexibility index (Phi) is 6.96. The first-order valence-electron chi connectivity index (χ1n) is 8.74. The predicted octanol–water partition coefficient (Wildman–Crippen LogP) is 3.84. The fourth-order valence-electron chi connectivity index (χ4n) is 3.97. The third kappa shape index (κ3) is 3.90. The summed E-state index contributed by atoms with van der Waals surface area (Å²) in [6.45, 7) is 11.6. The van der Waals surface area contributed by atoms with E-state index >= 15 is 0 Å². The van der Waals surface area contributed by atoms with Crippen molar-refractivity contribution < 1.29 is 4.74 Å². The van der Waals surface area contributed by atoms with Crippen LogP contribution in [0.3, 0.4) is 0 Å². The van der Waals surface area contributed by atoms with E-state index in [0.29, 0.717) is 24.0 Å². The Morgan fingerprint density at radius 2 is 2.29 bits per heavy atom. The van der Waals surface area contributed by atoms with Crippen LogP contribution in [0.1, 0.15) is 44.9 Å². The molecular formula is C18H30IN3OS. The van der Waals surface area contributed by atoms with Crippen LogP contribution in [0.4, 0.5) is 0 Å². The second kappa shape index (κ2) is 8.36. The molecule has 2 N–H and O–H groups in total. The minimum atomic E-state index is 0. The Labute approximate surface area is 166 Å². The van der Waals surface area contributed by atoms with Crippen molar-refractivity contribution in [3.05, 3.63) is 22.4 Å². The molecule has 0 aromatic carbocycles. The molecule has 0 radical (unpaired) electrons. The van der Waals surface area contributed by atoms with Gasteiger partial charge in [-0.2, -0.15) is 0 Å². The second-order valence-electron chi connectivity index (χ2n) is 7.32. The monoisotopic (exact) mass is 463 g/mol. The number of aliphatic imine (C=N–C) groups is 1. The van der Waals surface area contributed by atoms with Gasteiger partial charge < -0.3 is 15.4 Å². The van der Waals surface area contributed by atoms with E-state index in [1.54, 1.807) is 0 Å². The average Bonchev–Trinajstić information content (AvgIpc) is 3.19. The minimum absolute atomic E-state index is 0. The summed E-state index contributed by atoms with van der Waals surface area (Å²) in [4.78, 5) is 6.23. The van der Waals surface area contributed by atoms with Crippen LogP contribution in [-0.2, 0) is 4.74 Å². The molecule has 24 heavy (non-hydrogen) atoms. The zero-order valence-electron chi connectivity index (χ0n) is 15.0. The van der Waals surface area contributed by atoms with Gasteiger partial charge in [-0.3, -0.25) is 4.99 Å². The van der Waals surface area contributed by atoms with Crippen molar-refractivity contribution in [2.45, 2.75) is 52.2 Å². The van der Waals surface area contributed by atoms with E-state index in [2.05, 4.69) is 55.8 Å². The molecule has 2 aliphatic rings. The number of nitrogens with one attached hydrogen (secondary N) is 2. The zero-order chi connectivity index (χ0) is 16.4. The van der Waals surface area contributed by atoms with Crippen LogP contribution in [0.2, 0.25) is 0 Å². The highest BCUT2D eigenvalue weighted by atomic mass is 127. The van der Waals surface area contributed by atoms with E-state index in [1.165, 1.54) is 4.88 Å². The molecule has 2 heterocycles. The van der Waals surface area contributed by atoms with E-state index in [4.69, 9.17) is 9.73 Å². The van der Waals surface area contributed by atoms with E-state index < -0.39 is 0 Å². The first-order chi connectivity index (χ1) is 11.0.